The van der Waals surface area contributed by atoms with Crippen molar-refractivity contribution < 1.29 is 48.7 Å². The minimum Gasteiger partial charge on any atom is -0.507 e. The highest BCUT2D eigenvalue weighted by molar-refractivity contribution is 5.98. The number of hydrogen-bond donors (Lipinski definition) is 4. The standard InChI is InChI=1S/C39H47NO10/c1-24-12-11-17-29(42)16-10-6-9-15-26-19-31(43)36(37(45)35(26)39(46)50-24)30(27-20-32(47-2)38(49-4)33(21-27)48-3)22-34(44)40-28(23-41)18-25-13-7-5-8-14-25/h5,7-9,13-15,19-21,24,28,30,41,43,45H,6,10-12,16-18,22-23H2,1-4H3,(H,40,44). The number of phenolic OH excluding ortho intramolecular Hbond substituents is 2. The zero-order valence-corrected chi connectivity index (χ0v) is 29.1. The first-order chi connectivity index (χ1) is 24.1. The number of methoxy groups -OCH3 is 3. The molecule has 1 aliphatic heterocycles. The van der Waals surface area contributed by atoms with E-state index in [0.717, 1.165) is 5.56 Å². The molecule has 1 aliphatic rings. The van der Waals surface area contributed by atoms with Crippen LogP contribution in [0.3, 0.4) is 0 Å². The van der Waals surface area contributed by atoms with E-state index in [2.05, 4.69) is 5.32 Å². The molecule has 4 rings (SSSR count). The Balaban J connectivity index is 1.84. The van der Waals surface area contributed by atoms with Crippen molar-refractivity contribution >= 4 is 23.7 Å². The molecule has 0 saturated carbocycles. The summed E-state index contributed by atoms with van der Waals surface area (Å²) in [7, 11) is 4.34. The number of aromatic hydroxyl groups is 2. The molecule has 0 aromatic heterocycles. The number of cyclic esters (lactones) is 1. The Morgan fingerprint density at radius 2 is 1.66 bits per heavy atom. The lowest BCUT2D eigenvalue weighted by Gasteiger charge is -2.25. The summed E-state index contributed by atoms with van der Waals surface area (Å²) in [5.74, 6) is -2.24. The zero-order valence-electron chi connectivity index (χ0n) is 29.1. The van der Waals surface area contributed by atoms with Gasteiger partial charge >= 0.3 is 5.97 Å². The summed E-state index contributed by atoms with van der Waals surface area (Å²) in [5, 5.41) is 36.5. The summed E-state index contributed by atoms with van der Waals surface area (Å²) in [5.41, 5.74) is 1.31. The normalized spacial score (nSPS) is 16.7. The van der Waals surface area contributed by atoms with Gasteiger partial charge in [0, 0.05) is 30.7 Å². The summed E-state index contributed by atoms with van der Waals surface area (Å²) in [6.07, 6.45) is 5.91. The summed E-state index contributed by atoms with van der Waals surface area (Å²) in [4.78, 5) is 39.7. The summed E-state index contributed by atoms with van der Waals surface area (Å²) >= 11 is 0. The number of rotatable bonds is 11. The number of carbonyl (C=O) groups is 3. The van der Waals surface area contributed by atoms with Crippen molar-refractivity contribution in [3.05, 3.63) is 82.4 Å². The first-order valence-corrected chi connectivity index (χ1v) is 16.8. The SMILES string of the molecule is COc1cc(C(CC(=O)NC(CO)Cc2ccccc2)c2c(O)cc3c(c2O)C(=O)OC(C)CCCC(=O)CCCC=C3)cc(OC)c1OC. The van der Waals surface area contributed by atoms with Gasteiger partial charge in [-0.05, 0) is 73.9 Å². The molecule has 0 saturated heterocycles. The fourth-order valence-corrected chi connectivity index (χ4v) is 6.24. The van der Waals surface area contributed by atoms with E-state index in [9.17, 15) is 29.7 Å². The van der Waals surface area contributed by atoms with Crippen molar-refractivity contribution in [2.45, 2.75) is 76.4 Å². The molecule has 3 atom stereocenters. The topological polar surface area (TPSA) is 161 Å². The number of hydrogen-bond acceptors (Lipinski definition) is 10. The average molecular weight is 690 g/mol. The van der Waals surface area contributed by atoms with Gasteiger partial charge in [-0.25, -0.2) is 4.79 Å². The Hall–Kier alpha value is -5.03. The molecule has 0 fully saturated rings. The maximum atomic E-state index is 13.7. The predicted octanol–water partition coefficient (Wildman–Crippen LogP) is 5.85. The van der Waals surface area contributed by atoms with Crippen molar-refractivity contribution in [1.82, 2.24) is 5.32 Å². The maximum absolute atomic E-state index is 13.7. The molecule has 3 aromatic rings. The monoisotopic (exact) mass is 689 g/mol. The van der Waals surface area contributed by atoms with Crippen molar-refractivity contribution in [1.29, 1.82) is 0 Å². The average Bonchev–Trinajstić information content (AvgIpc) is 3.09. The molecule has 0 radical (unpaired) electrons. The van der Waals surface area contributed by atoms with E-state index in [4.69, 9.17) is 18.9 Å². The number of aliphatic hydroxyl groups excluding tert-OH is 1. The number of carbonyl (C=O) groups excluding carboxylic acids is 3. The van der Waals surface area contributed by atoms with E-state index in [1.54, 1.807) is 31.2 Å². The third-order valence-corrected chi connectivity index (χ3v) is 8.79. The van der Waals surface area contributed by atoms with E-state index in [1.165, 1.54) is 27.4 Å². The largest absolute Gasteiger partial charge is 0.507 e. The minimum atomic E-state index is -1.04. The number of allylic oxidation sites excluding steroid dienone is 1. The van der Waals surface area contributed by atoms with E-state index >= 15 is 0 Å². The van der Waals surface area contributed by atoms with Gasteiger partial charge in [0.15, 0.2) is 11.5 Å². The fourth-order valence-electron chi connectivity index (χ4n) is 6.24. The van der Waals surface area contributed by atoms with Gasteiger partial charge in [-0.15, -0.1) is 0 Å². The highest BCUT2D eigenvalue weighted by atomic mass is 16.5. The molecular formula is C39H47NO10. The molecule has 1 amide bonds. The molecule has 11 heteroatoms. The fraction of sp³-hybridized carbons (Fsp3) is 0.410. The molecule has 3 aromatic carbocycles. The molecule has 268 valence electrons. The third-order valence-electron chi connectivity index (χ3n) is 8.79. The van der Waals surface area contributed by atoms with Crippen molar-refractivity contribution in [3.63, 3.8) is 0 Å². The second kappa shape index (κ2) is 18.1. The molecule has 1 heterocycles. The van der Waals surface area contributed by atoms with Gasteiger partial charge in [0.05, 0.1) is 40.1 Å². The van der Waals surface area contributed by atoms with Gasteiger partial charge in [-0.2, -0.15) is 0 Å². The number of fused-ring (bicyclic) bond motifs is 1. The van der Waals surface area contributed by atoms with Gasteiger partial charge in [0.25, 0.3) is 0 Å². The van der Waals surface area contributed by atoms with Crippen LogP contribution in [0.25, 0.3) is 6.08 Å². The van der Waals surface area contributed by atoms with E-state index < -0.39 is 35.7 Å². The third kappa shape index (κ3) is 9.56. The lowest BCUT2D eigenvalue weighted by Crippen LogP contribution is -2.39. The molecular weight excluding hydrogens is 642 g/mol. The smallest absolute Gasteiger partial charge is 0.342 e. The Morgan fingerprint density at radius 3 is 2.30 bits per heavy atom. The number of amides is 1. The number of ketones is 1. The van der Waals surface area contributed by atoms with Crippen LogP contribution in [-0.4, -0.2) is 73.1 Å². The van der Waals surface area contributed by atoms with E-state index in [-0.39, 0.29) is 52.7 Å². The van der Waals surface area contributed by atoms with E-state index in [1.807, 2.05) is 30.3 Å². The second-order valence-electron chi connectivity index (χ2n) is 12.4. The Morgan fingerprint density at radius 1 is 0.980 bits per heavy atom. The Labute approximate surface area is 292 Å². The van der Waals surface area contributed by atoms with Crippen LogP contribution in [0.1, 0.15) is 90.4 Å². The van der Waals surface area contributed by atoms with Crippen LogP contribution in [0, 0.1) is 0 Å². The van der Waals surface area contributed by atoms with Gasteiger partial charge < -0.3 is 39.6 Å². The van der Waals surface area contributed by atoms with Crippen LogP contribution in [0.4, 0.5) is 0 Å². The molecule has 0 spiro atoms. The lowest BCUT2D eigenvalue weighted by molar-refractivity contribution is -0.122. The van der Waals surface area contributed by atoms with Crippen LogP contribution in [-0.2, 0) is 20.7 Å². The number of aliphatic hydroxyl groups is 1. The highest BCUT2D eigenvalue weighted by Gasteiger charge is 2.32. The number of Topliss-reactive ketones (excluding diaryl/α,β-unsaturated/α-hetero) is 1. The molecule has 0 aliphatic carbocycles. The van der Waals surface area contributed by atoms with Crippen molar-refractivity contribution in [3.8, 4) is 28.7 Å². The minimum absolute atomic E-state index is 0.0819. The summed E-state index contributed by atoms with van der Waals surface area (Å²) in [6, 6.07) is 13.4. The first kappa shape index (κ1) is 37.8. The molecule has 3 unspecified atom stereocenters. The zero-order chi connectivity index (χ0) is 36.2. The van der Waals surface area contributed by atoms with Gasteiger partial charge in [0.2, 0.25) is 11.7 Å². The van der Waals surface area contributed by atoms with Gasteiger partial charge in [-0.1, -0.05) is 42.5 Å². The number of phenols is 2. The summed E-state index contributed by atoms with van der Waals surface area (Å²) in [6.45, 7) is 1.40. The van der Waals surface area contributed by atoms with Crippen LogP contribution in [0.2, 0.25) is 0 Å². The molecule has 11 nitrogen and oxygen atoms in total. The van der Waals surface area contributed by atoms with Gasteiger partial charge in [-0.3, -0.25) is 9.59 Å². The predicted molar refractivity (Wildman–Crippen MR) is 188 cm³/mol. The highest BCUT2D eigenvalue weighted by Crippen LogP contribution is 2.47. The van der Waals surface area contributed by atoms with Crippen LogP contribution in [0.5, 0.6) is 28.7 Å². The second-order valence-corrected chi connectivity index (χ2v) is 12.4. The van der Waals surface area contributed by atoms with E-state index in [0.29, 0.717) is 56.3 Å². The number of benzene rings is 3. The maximum Gasteiger partial charge on any atom is 0.342 e. The molecule has 4 N–H and O–H groups in total. The van der Waals surface area contributed by atoms with Crippen LogP contribution < -0.4 is 19.5 Å². The number of esters is 1. The number of ether oxygens (including phenoxy) is 4. The van der Waals surface area contributed by atoms with Crippen LogP contribution in [0.15, 0.2) is 54.6 Å². The molecule has 0 bridgehead atoms. The van der Waals surface area contributed by atoms with Gasteiger partial charge in [0.1, 0.15) is 22.8 Å². The van der Waals surface area contributed by atoms with Crippen LogP contribution >= 0.6 is 0 Å². The Bertz CT molecular complexity index is 1640. The first-order valence-electron chi connectivity index (χ1n) is 16.8. The summed E-state index contributed by atoms with van der Waals surface area (Å²) < 4.78 is 22.4. The molecule has 50 heavy (non-hydrogen) atoms. The van der Waals surface area contributed by atoms with Crippen molar-refractivity contribution in [2.75, 3.05) is 27.9 Å². The van der Waals surface area contributed by atoms with Crippen molar-refractivity contribution in [2.24, 2.45) is 0 Å². The number of nitrogens with one attached hydrogen (secondary N) is 1. The Kier molecular flexibility index (Phi) is 13.7. The lowest BCUT2D eigenvalue weighted by atomic mass is 9.84. The quantitative estimate of drug-likeness (QED) is 0.180.